The predicted molar refractivity (Wildman–Crippen MR) is 91.9 cm³/mol. The van der Waals surface area contributed by atoms with Crippen LogP contribution in [0.15, 0.2) is 23.2 Å². The van der Waals surface area contributed by atoms with Crippen LogP contribution in [0, 0.1) is 5.82 Å². The molecule has 4 N–H and O–H groups in total. The molecule has 0 aromatic heterocycles. The highest BCUT2D eigenvalue weighted by atomic mass is 32.2. The maximum absolute atomic E-state index is 14.2. The summed E-state index contributed by atoms with van der Waals surface area (Å²) in [6.45, 7) is 3.07. The van der Waals surface area contributed by atoms with Crippen molar-refractivity contribution in [1.29, 1.82) is 0 Å². The third kappa shape index (κ3) is 3.04. The molecule has 26 heavy (non-hydrogen) atoms. The van der Waals surface area contributed by atoms with Crippen molar-refractivity contribution in [2.24, 2.45) is 10.7 Å². The minimum absolute atomic E-state index is 0.0362. The number of rotatable bonds is 4. The van der Waals surface area contributed by atoms with E-state index in [9.17, 15) is 26.0 Å². The van der Waals surface area contributed by atoms with Gasteiger partial charge in [0, 0.05) is 11.3 Å². The number of nitrogens with two attached hydrogens (primary N) is 2. The second-order valence-corrected chi connectivity index (χ2v) is 9.11. The Bertz CT molecular complexity index is 838. The zero-order chi connectivity index (χ0) is 20.0. The average Bonchev–Trinajstić information content (AvgIpc) is 2.51. The SMILES string of the molecule is CCCCC1(C)C(N)=NC(c2cc(N)ccc2F)(C(F)(F)F)CS1(=O)=O. The number of benzene rings is 1. The average molecular weight is 395 g/mol. The Kier molecular flexibility index (Phi) is 5.04. The molecular weight excluding hydrogens is 374 g/mol. The van der Waals surface area contributed by atoms with Gasteiger partial charge in [0.25, 0.3) is 0 Å². The number of sulfone groups is 1. The fourth-order valence-electron chi connectivity index (χ4n) is 3.04. The lowest BCUT2D eigenvalue weighted by molar-refractivity contribution is -0.183. The van der Waals surface area contributed by atoms with Gasteiger partial charge in [-0.3, -0.25) is 0 Å². The van der Waals surface area contributed by atoms with Gasteiger partial charge in [0.05, 0.1) is 5.75 Å². The minimum Gasteiger partial charge on any atom is -0.399 e. The summed E-state index contributed by atoms with van der Waals surface area (Å²) < 4.78 is 80.1. The number of hydrogen-bond acceptors (Lipinski definition) is 5. The Labute approximate surface area is 149 Å². The lowest BCUT2D eigenvalue weighted by Crippen LogP contribution is -2.61. The van der Waals surface area contributed by atoms with Crippen LogP contribution in [0.1, 0.15) is 38.7 Å². The van der Waals surface area contributed by atoms with Crippen LogP contribution in [0.5, 0.6) is 0 Å². The van der Waals surface area contributed by atoms with Gasteiger partial charge >= 0.3 is 6.18 Å². The highest BCUT2D eigenvalue weighted by molar-refractivity contribution is 7.93. The molecule has 0 spiro atoms. The molecule has 2 unspecified atom stereocenters. The van der Waals surface area contributed by atoms with Crippen LogP contribution in [0.4, 0.5) is 23.2 Å². The second-order valence-electron chi connectivity index (χ2n) is 6.69. The van der Waals surface area contributed by atoms with Crippen molar-refractivity contribution in [1.82, 2.24) is 0 Å². The summed E-state index contributed by atoms with van der Waals surface area (Å²) in [5.41, 5.74) is 6.81. The number of aliphatic imine (C=N–C) groups is 1. The predicted octanol–water partition coefficient (Wildman–Crippen LogP) is 2.90. The number of halogens is 4. The maximum atomic E-state index is 14.2. The number of amidine groups is 1. The van der Waals surface area contributed by atoms with Crippen molar-refractivity contribution in [2.45, 2.75) is 49.6 Å². The van der Waals surface area contributed by atoms with E-state index >= 15 is 0 Å². The molecular formula is C16H21F4N3O2S. The maximum Gasteiger partial charge on any atom is 0.418 e. The van der Waals surface area contributed by atoms with Crippen molar-refractivity contribution in [2.75, 3.05) is 11.5 Å². The minimum atomic E-state index is -5.19. The first-order valence-corrected chi connectivity index (χ1v) is 9.66. The van der Waals surface area contributed by atoms with E-state index in [-0.39, 0.29) is 12.1 Å². The Morgan fingerprint density at radius 1 is 1.27 bits per heavy atom. The number of anilines is 1. The fraction of sp³-hybridized carbons (Fsp3) is 0.562. The molecule has 2 atom stereocenters. The molecule has 0 saturated carbocycles. The summed E-state index contributed by atoms with van der Waals surface area (Å²) in [5.74, 6) is -3.35. The Hall–Kier alpha value is -1.84. The Morgan fingerprint density at radius 2 is 1.88 bits per heavy atom. The van der Waals surface area contributed by atoms with Gasteiger partial charge in [-0.2, -0.15) is 13.2 Å². The quantitative estimate of drug-likeness (QED) is 0.605. The molecule has 1 aromatic carbocycles. The van der Waals surface area contributed by atoms with E-state index in [2.05, 4.69) is 4.99 Å². The monoisotopic (exact) mass is 395 g/mol. The van der Waals surface area contributed by atoms with Crippen LogP contribution in [-0.2, 0) is 15.4 Å². The molecule has 10 heteroatoms. The van der Waals surface area contributed by atoms with E-state index in [1.165, 1.54) is 6.92 Å². The van der Waals surface area contributed by atoms with Gasteiger partial charge in [-0.05, 0) is 31.5 Å². The molecule has 5 nitrogen and oxygen atoms in total. The van der Waals surface area contributed by atoms with E-state index < -0.39 is 49.3 Å². The summed E-state index contributed by atoms with van der Waals surface area (Å²) in [7, 11) is -4.40. The molecule has 0 radical (unpaired) electrons. The summed E-state index contributed by atoms with van der Waals surface area (Å²) >= 11 is 0. The molecule has 0 saturated heterocycles. The third-order valence-electron chi connectivity index (χ3n) is 4.85. The highest BCUT2D eigenvalue weighted by Crippen LogP contribution is 2.49. The van der Waals surface area contributed by atoms with Gasteiger partial charge in [0.1, 0.15) is 16.4 Å². The third-order valence-corrected chi connectivity index (χ3v) is 7.43. The number of nitrogens with zero attached hydrogens (tertiary/aromatic N) is 1. The summed E-state index contributed by atoms with van der Waals surface area (Å²) in [6, 6.07) is 2.59. The number of alkyl halides is 3. The van der Waals surface area contributed by atoms with E-state index in [0.29, 0.717) is 12.8 Å². The van der Waals surface area contributed by atoms with Gasteiger partial charge in [-0.25, -0.2) is 17.8 Å². The van der Waals surface area contributed by atoms with E-state index in [4.69, 9.17) is 11.5 Å². The van der Waals surface area contributed by atoms with Gasteiger partial charge in [-0.15, -0.1) is 0 Å². The van der Waals surface area contributed by atoms with Crippen molar-refractivity contribution < 1.29 is 26.0 Å². The van der Waals surface area contributed by atoms with Crippen LogP contribution < -0.4 is 11.5 Å². The van der Waals surface area contributed by atoms with Crippen molar-refractivity contribution in [3.05, 3.63) is 29.6 Å². The van der Waals surface area contributed by atoms with Crippen molar-refractivity contribution in [3.8, 4) is 0 Å². The molecule has 0 aliphatic carbocycles. The largest absolute Gasteiger partial charge is 0.418 e. The van der Waals surface area contributed by atoms with E-state index in [1.54, 1.807) is 0 Å². The first-order valence-electron chi connectivity index (χ1n) is 8.01. The van der Waals surface area contributed by atoms with Crippen LogP contribution in [0.3, 0.4) is 0 Å². The normalized spacial score (nSPS) is 28.6. The Balaban J connectivity index is 2.80. The standard InChI is InChI=1S/C16H21F4N3O2S/c1-3-4-7-14(2)13(22)23-15(16(18,19)20,9-26(14,24)25)11-8-10(21)5-6-12(11)17/h5-6,8H,3-4,7,9,21H2,1-2H3,(H2,22,23). The first-order chi connectivity index (χ1) is 11.8. The van der Waals surface area contributed by atoms with E-state index in [0.717, 1.165) is 18.2 Å². The van der Waals surface area contributed by atoms with Gasteiger partial charge in [0.2, 0.25) is 0 Å². The van der Waals surface area contributed by atoms with Crippen LogP contribution in [-0.4, -0.2) is 30.9 Å². The molecule has 0 fully saturated rings. The van der Waals surface area contributed by atoms with Gasteiger partial charge in [0.15, 0.2) is 15.4 Å². The molecule has 146 valence electrons. The second kappa shape index (κ2) is 6.40. The number of hydrogen-bond donors (Lipinski definition) is 2. The van der Waals surface area contributed by atoms with Crippen molar-refractivity contribution >= 4 is 21.4 Å². The number of nitrogen functional groups attached to an aromatic ring is 1. The smallest absolute Gasteiger partial charge is 0.399 e. The highest BCUT2D eigenvalue weighted by Gasteiger charge is 2.65. The summed E-state index contributed by atoms with van der Waals surface area (Å²) in [5, 5.41) is 0. The summed E-state index contributed by atoms with van der Waals surface area (Å²) in [6.07, 6.45) is -4.08. The number of unbranched alkanes of at least 4 members (excludes halogenated alkanes) is 1. The first kappa shape index (κ1) is 20.5. The lowest BCUT2D eigenvalue weighted by atomic mass is 9.89. The van der Waals surface area contributed by atoms with Gasteiger partial charge < -0.3 is 11.5 Å². The molecule has 1 heterocycles. The molecule has 0 bridgehead atoms. The fourth-order valence-corrected chi connectivity index (χ4v) is 5.12. The molecule has 1 aliphatic heterocycles. The topological polar surface area (TPSA) is 98.5 Å². The molecule has 0 amide bonds. The van der Waals surface area contributed by atoms with Crippen LogP contribution in [0.25, 0.3) is 0 Å². The van der Waals surface area contributed by atoms with E-state index in [1.807, 2.05) is 6.92 Å². The van der Waals surface area contributed by atoms with Gasteiger partial charge in [-0.1, -0.05) is 19.8 Å². The lowest BCUT2D eigenvalue weighted by Gasteiger charge is -2.42. The van der Waals surface area contributed by atoms with Crippen LogP contribution in [0.2, 0.25) is 0 Å². The zero-order valence-electron chi connectivity index (χ0n) is 14.4. The molecule has 1 aromatic rings. The zero-order valence-corrected chi connectivity index (χ0v) is 15.2. The van der Waals surface area contributed by atoms with Crippen LogP contribution >= 0.6 is 0 Å². The molecule has 2 rings (SSSR count). The van der Waals surface area contributed by atoms with Crippen molar-refractivity contribution in [3.63, 3.8) is 0 Å². The Morgan fingerprint density at radius 3 is 2.38 bits per heavy atom. The molecule has 1 aliphatic rings. The summed E-state index contributed by atoms with van der Waals surface area (Å²) in [4.78, 5) is 3.55.